The zero-order chi connectivity index (χ0) is 24.9. The third kappa shape index (κ3) is 5.82. The molecule has 0 unspecified atom stereocenters. The van der Waals surface area contributed by atoms with E-state index in [-0.39, 0.29) is 17.7 Å². The highest BCUT2D eigenvalue weighted by atomic mass is 16.5. The molecular formula is C28H33N5O3. The van der Waals surface area contributed by atoms with E-state index < -0.39 is 0 Å². The Kier molecular flexibility index (Phi) is 7.41. The standard InChI is InChI=1S/C28H33N5O3/c1-20-6-2-3-9-24(20)27-30-25(36-31-27)19-32-14-11-23(12-15-32)28(35)29-17-21-7-4-8-22(16-21)18-33-13-5-10-26(33)34/h2-4,6-9,16,23H,5,10-15,17-19H2,1H3,(H,29,35). The van der Waals surface area contributed by atoms with Crippen molar-refractivity contribution in [2.45, 2.75) is 52.2 Å². The number of carbonyl (C=O) groups excluding carboxylic acids is 2. The molecule has 1 N–H and O–H groups in total. The Hall–Kier alpha value is -3.52. The number of aryl methyl sites for hydroxylation is 1. The average Bonchev–Trinajstić information content (AvgIpc) is 3.52. The largest absolute Gasteiger partial charge is 0.352 e. The highest BCUT2D eigenvalue weighted by molar-refractivity contribution is 5.79. The minimum absolute atomic E-state index is 0.0110. The number of hydrogen-bond acceptors (Lipinski definition) is 6. The Morgan fingerprint density at radius 3 is 2.64 bits per heavy atom. The first-order chi connectivity index (χ1) is 17.5. The molecule has 1 aromatic heterocycles. The van der Waals surface area contributed by atoms with E-state index in [1.807, 2.05) is 54.3 Å². The van der Waals surface area contributed by atoms with Gasteiger partial charge in [0.25, 0.3) is 0 Å². The zero-order valence-electron chi connectivity index (χ0n) is 20.8. The number of likely N-dealkylation sites (tertiary alicyclic amines) is 2. The molecule has 5 rings (SSSR count). The number of carbonyl (C=O) groups is 2. The summed E-state index contributed by atoms with van der Waals surface area (Å²) in [5.41, 5.74) is 4.27. The monoisotopic (exact) mass is 487 g/mol. The molecule has 8 nitrogen and oxygen atoms in total. The van der Waals surface area contributed by atoms with Crippen molar-refractivity contribution in [3.05, 3.63) is 71.1 Å². The van der Waals surface area contributed by atoms with Gasteiger partial charge in [0.15, 0.2) is 0 Å². The second-order valence-electron chi connectivity index (χ2n) is 9.83. The number of nitrogens with one attached hydrogen (secondary N) is 1. The number of amides is 2. The van der Waals surface area contributed by atoms with Crippen molar-refractivity contribution < 1.29 is 14.1 Å². The van der Waals surface area contributed by atoms with Gasteiger partial charge in [0, 0.05) is 37.5 Å². The Morgan fingerprint density at radius 2 is 1.86 bits per heavy atom. The van der Waals surface area contributed by atoms with Crippen molar-refractivity contribution in [3.63, 3.8) is 0 Å². The van der Waals surface area contributed by atoms with Crippen LogP contribution in [-0.4, -0.2) is 51.4 Å². The maximum absolute atomic E-state index is 12.8. The van der Waals surface area contributed by atoms with Crippen LogP contribution < -0.4 is 5.32 Å². The number of nitrogens with zero attached hydrogens (tertiary/aromatic N) is 4. The van der Waals surface area contributed by atoms with Gasteiger partial charge in [-0.05, 0) is 56.0 Å². The molecule has 8 heteroatoms. The quantitative estimate of drug-likeness (QED) is 0.521. The fraction of sp³-hybridized carbons (Fsp3) is 0.429. The summed E-state index contributed by atoms with van der Waals surface area (Å²) in [4.78, 5) is 33.5. The molecule has 0 saturated carbocycles. The molecule has 2 amide bonds. The summed E-state index contributed by atoms with van der Waals surface area (Å²) in [6, 6.07) is 16.2. The molecular weight excluding hydrogens is 454 g/mol. The van der Waals surface area contributed by atoms with Gasteiger partial charge in [-0.25, -0.2) is 0 Å². The maximum Gasteiger partial charge on any atom is 0.241 e. The normalized spacial score (nSPS) is 17.0. The van der Waals surface area contributed by atoms with E-state index in [0.29, 0.717) is 37.8 Å². The maximum atomic E-state index is 12.8. The minimum Gasteiger partial charge on any atom is -0.352 e. The average molecular weight is 488 g/mol. The molecule has 2 fully saturated rings. The molecule has 3 heterocycles. The number of rotatable bonds is 8. The van der Waals surface area contributed by atoms with E-state index >= 15 is 0 Å². The Labute approximate surface area is 211 Å². The van der Waals surface area contributed by atoms with E-state index in [1.54, 1.807) is 0 Å². The van der Waals surface area contributed by atoms with E-state index in [2.05, 4.69) is 26.4 Å². The van der Waals surface area contributed by atoms with Crippen molar-refractivity contribution in [1.82, 2.24) is 25.3 Å². The van der Waals surface area contributed by atoms with Gasteiger partial charge in [-0.1, -0.05) is 53.7 Å². The third-order valence-corrected chi connectivity index (χ3v) is 7.17. The van der Waals surface area contributed by atoms with Crippen molar-refractivity contribution in [1.29, 1.82) is 0 Å². The lowest BCUT2D eigenvalue weighted by molar-refractivity contribution is -0.128. The second-order valence-corrected chi connectivity index (χ2v) is 9.83. The topological polar surface area (TPSA) is 91.6 Å². The molecule has 2 aliphatic heterocycles. The Morgan fingerprint density at radius 1 is 1.06 bits per heavy atom. The highest BCUT2D eigenvalue weighted by Gasteiger charge is 2.26. The molecule has 0 radical (unpaired) electrons. The van der Waals surface area contributed by atoms with Crippen LogP contribution in [0.15, 0.2) is 53.1 Å². The smallest absolute Gasteiger partial charge is 0.241 e. The first-order valence-corrected chi connectivity index (χ1v) is 12.8. The van der Waals surface area contributed by atoms with Crippen LogP contribution in [-0.2, 0) is 29.2 Å². The van der Waals surface area contributed by atoms with Crippen molar-refractivity contribution in [3.8, 4) is 11.4 Å². The first kappa shape index (κ1) is 24.2. The van der Waals surface area contributed by atoms with Crippen LogP contribution in [0.1, 0.15) is 48.3 Å². The van der Waals surface area contributed by atoms with E-state index in [0.717, 1.165) is 61.2 Å². The van der Waals surface area contributed by atoms with Gasteiger partial charge in [-0.3, -0.25) is 14.5 Å². The molecule has 0 atom stereocenters. The summed E-state index contributed by atoms with van der Waals surface area (Å²) < 4.78 is 5.49. The summed E-state index contributed by atoms with van der Waals surface area (Å²) in [6.07, 6.45) is 3.21. The molecule has 2 aliphatic rings. The number of hydrogen-bond donors (Lipinski definition) is 1. The van der Waals surface area contributed by atoms with Crippen LogP contribution in [0.25, 0.3) is 11.4 Å². The SMILES string of the molecule is Cc1ccccc1-c1noc(CN2CCC(C(=O)NCc3cccc(CN4CCCC4=O)c3)CC2)n1. The van der Waals surface area contributed by atoms with Gasteiger partial charge in [0.2, 0.25) is 23.5 Å². The third-order valence-electron chi connectivity index (χ3n) is 7.17. The molecule has 2 aromatic carbocycles. The van der Waals surface area contributed by atoms with Gasteiger partial charge >= 0.3 is 0 Å². The molecule has 0 aliphatic carbocycles. The van der Waals surface area contributed by atoms with Gasteiger partial charge in [0.1, 0.15) is 0 Å². The van der Waals surface area contributed by atoms with Crippen molar-refractivity contribution in [2.75, 3.05) is 19.6 Å². The van der Waals surface area contributed by atoms with Crippen LogP contribution in [0.4, 0.5) is 0 Å². The van der Waals surface area contributed by atoms with Gasteiger partial charge in [0.05, 0.1) is 6.54 Å². The van der Waals surface area contributed by atoms with E-state index in [1.165, 1.54) is 0 Å². The van der Waals surface area contributed by atoms with Crippen molar-refractivity contribution >= 4 is 11.8 Å². The summed E-state index contributed by atoms with van der Waals surface area (Å²) in [6.45, 7) is 6.25. The van der Waals surface area contributed by atoms with Gasteiger partial charge in [-0.2, -0.15) is 4.98 Å². The predicted molar refractivity (Wildman–Crippen MR) is 135 cm³/mol. The fourth-order valence-electron chi connectivity index (χ4n) is 5.06. The summed E-state index contributed by atoms with van der Waals surface area (Å²) in [5.74, 6) is 1.57. The molecule has 36 heavy (non-hydrogen) atoms. The predicted octanol–water partition coefficient (Wildman–Crippen LogP) is 3.70. The fourth-order valence-corrected chi connectivity index (χ4v) is 5.06. The molecule has 2 saturated heterocycles. The molecule has 0 bridgehead atoms. The van der Waals surface area contributed by atoms with Crippen LogP contribution in [0.2, 0.25) is 0 Å². The summed E-state index contributed by atoms with van der Waals surface area (Å²) in [5, 5.41) is 7.26. The molecule has 188 valence electrons. The first-order valence-electron chi connectivity index (χ1n) is 12.8. The second kappa shape index (κ2) is 11.0. The van der Waals surface area contributed by atoms with Crippen LogP contribution in [0.3, 0.4) is 0 Å². The highest BCUT2D eigenvalue weighted by Crippen LogP contribution is 2.23. The summed E-state index contributed by atoms with van der Waals surface area (Å²) in [7, 11) is 0. The lowest BCUT2D eigenvalue weighted by Gasteiger charge is -2.30. The lowest BCUT2D eigenvalue weighted by atomic mass is 9.96. The zero-order valence-corrected chi connectivity index (χ0v) is 20.8. The van der Waals surface area contributed by atoms with Gasteiger partial charge in [-0.15, -0.1) is 0 Å². The van der Waals surface area contributed by atoms with Gasteiger partial charge < -0.3 is 14.7 Å². The van der Waals surface area contributed by atoms with E-state index in [9.17, 15) is 9.59 Å². The minimum atomic E-state index is 0.0110. The van der Waals surface area contributed by atoms with Crippen LogP contribution in [0.5, 0.6) is 0 Å². The summed E-state index contributed by atoms with van der Waals surface area (Å²) >= 11 is 0. The Bertz CT molecular complexity index is 1220. The van der Waals surface area contributed by atoms with E-state index in [4.69, 9.17) is 4.52 Å². The Balaban J connectivity index is 1.07. The van der Waals surface area contributed by atoms with Crippen LogP contribution >= 0.6 is 0 Å². The number of piperidine rings is 1. The number of aromatic nitrogens is 2. The van der Waals surface area contributed by atoms with Crippen molar-refractivity contribution in [2.24, 2.45) is 5.92 Å². The lowest BCUT2D eigenvalue weighted by Crippen LogP contribution is -2.40. The molecule has 3 aromatic rings. The molecule has 0 spiro atoms. The van der Waals surface area contributed by atoms with Crippen LogP contribution in [0, 0.1) is 12.8 Å². The number of benzene rings is 2.